The van der Waals surface area contributed by atoms with Crippen molar-refractivity contribution in [3.8, 4) is 11.4 Å². The van der Waals surface area contributed by atoms with E-state index < -0.39 is 0 Å². The molecule has 0 saturated heterocycles. The highest BCUT2D eigenvalue weighted by Crippen LogP contribution is 2.23. The molecule has 1 amide bonds. The summed E-state index contributed by atoms with van der Waals surface area (Å²) in [6.45, 7) is -0.0240. The number of amides is 1. The Hall–Kier alpha value is -3.25. The average Bonchev–Trinajstić information content (AvgIpc) is 3.11. The van der Waals surface area contributed by atoms with E-state index in [-0.39, 0.29) is 12.5 Å². The Morgan fingerprint density at radius 1 is 1.00 bits per heavy atom. The smallest absolute Gasteiger partial charge is 0.248 e. The third-order valence-corrected chi connectivity index (χ3v) is 4.16. The van der Waals surface area contributed by atoms with Crippen LogP contribution < -0.4 is 5.32 Å². The summed E-state index contributed by atoms with van der Waals surface area (Å²) in [5, 5.41) is 17.8. The molecular formula is C19H14ClN5O. The summed E-state index contributed by atoms with van der Waals surface area (Å²) in [6, 6.07) is 20.8. The second-order valence-electron chi connectivity index (χ2n) is 5.73. The standard InChI is InChI=1S/C19H14ClN5O/c20-15-10-8-14(9-11-15)19-22-24-25(23-19)12-18(26)21-17-7-3-5-13-4-1-2-6-16(13)17/h1-11H,12H2,(H,21,26). The molecular weight excluding hydrogens is 350 g/mol. The second-order valence-corrected chi connectivity index (χ2v) is 6.16. The van der Waals surface area contributed by atoms with E-state index in [0.29, 0.717) is 10.8 Å². The van der Waals surface area contributed by atoms with Crippen molar-refractivity contribution < 1.29 is 4.79 Å². The maximum atomic E-state index is 12.4. The molecule has 1 heterocycles. The molecule has 0 radical (unpaired) electrons. The molecule has 0 aliphatic rings. The molecule has 26 heavy (non-hydrogen) atoms. The van der Waals surface area contributed by atoms with E-state index >= 15 is 0 Å². The number of nitrogens with zero attached hydrogens (tertiary/aromatic N) is 4. The van der Waals surface area contributed by atoms with Gasteiger partial charge in [0.05, 0.1) is 0 Å². The van der Waals surface area contributed by atoms with Gasteiger partial charge in [0.1, 0.15) is 6.54 Å². The van der Waals surface area contributed by atoms with Crippen LogP contribution in [0.4, 0.5) is 5.69 Å². The van der Waals surface area contributed by atoms with Gasteiger partial charge in [-0.3, -0.25) is 4.79 Å². The van der Waals surface area contributed by atoms with Gasteiger partial charge in [0.2, 0.25) is 11.7 Å². The van der Waals surface area contributed by atoms with Crippen molar-refractivity contribution in [3.05, 3.63) is 71.8 Å². The lowest BCUT2D eigenvalue weighted by atomic mass is 10.1. The summed E-state index contributed by atoms with van der Waals surface area (Å²) in [6.07, 6.45) is 0. The molecule has 7 heteroatoms. The number of aromatic nitrogens is 4. The van der Waals surface area contributed by atoms with Gasteiger partial charge in [-0.1, -0.05) is 48.0 Å². The molecule has 1 N–H and O–H groups in total. The molecule has 0 unspecified atom stereocenters. The molecule has 4 aromatic rings. The van der Waals surface area contributed by atoms with Gasteiger partial charge in [-0.15, -0.1) is 10.2 Å². The monoisotopic (exact) mass is 363 g/mol. The van der Waals surface area contributed by atoms with Crippen molar-refractivity contribution in [2.24, 2.45) is 0 Å². The molecule has 0 aliphatic heterocycles. The Kier molecular flexibility index (Phi) is 4.33. The molecule has 6 nitrogen and oxygen atoms in total. The van der Waals surface area contributed by atoms with E-state index in [4.69, 9.17) is 11.6 Å². The molecule has 1 aromatic heterocycles. The zero-order chi connectivity index (χ0) is 17.9. The minimum absolute atomic E-state index is 0.0240. The van der Waals surface area contributed by atoms with Gasteiger partial charge >= 0.3 is 0 Å². The van der Waals surface area contributed by atoms with Crippen molar-refractivity contribution in [1.29, 1.82) is 0 Å². The summed E-state index contributed by atoms with van der Waals surface area (Å²) in [5.41, 5.74) is 1.54. The summed E-state index contributed by atoms with van der Waals surface area (Å²) >= 11 is 5.88. The number of tetrazole rings is 1. The van der Waals surface area contributed by atoms with E-state index in [2.05, 4.69) is 20.7 Å². The van der Waals surface area contributed by atoms with Crippen molar-refractivity contribution in [2.75, 3.05) is 5.32 Å². The van der Waals surface area contributed by atoms with Crippen LogP contribution in [-0.2, 0) is 11.3 Å². The number of halogens is 1. The van der Waals surface area contributed by atoms with Crippen LogP contribution in [0.2, 0.25) is 5.02 Å². The Morgan fingerprint density at radius 3 is 2.62 bits per heavy atom. The van der Waals surface area contributed by atoms with Gasteiger partial charge in [-0.05, 0) is 40.9 Å². The molecule has 0 fully saturated rings. The molecule has 0 atom stereocenters. The summed E-state index contributed by atoms with van der Waals surface area (Å²) in [5.74, 6) is 0.223. The van der Waals surface area contributed by atoms with Gasteiger partial charge < -0.3 is 5.32 Å². The molecule has 0 bridgehead atoms. The van der Waals surface area contributed by atoms with Gasteiger partial charge in [-0.25, -0.2) is 0 Å². The van der Waals surface area contributed by atoms with Crippen molar-refractivity contribution in [3.63, 3.8) is 0 Å². The van der Waals surface area contributed by atoms with Crippen LogP contribution in [-0.4, -0.2) is 26.1 Å². The first-order chi connectivity index (χ1) is 12.7. The average molecular weight is 364 g/mol. The Bertz CT molecular complexity index is 1070. The summed E-state index contributed by atoms with van der Waals surface area (Å²) < 4.78 is 0. The minimum Gasteiger partial charge on any atom is -0.324 e. The number of nitrogens with one attached hydrogen (secondary N) is 1. The van der Waals surface area contributed by atoms with E-state index in [9.17, 15) is 4.79 Å². The molecule has 0 aliphatic carbocycles. The van der Waals surface area contributed by atoms with E-state index in [1.54, 1.807) is 24.3 Å². The summed E-state index contributed by atoms with van der Waals surface area (Å²) in [7, 11) is 0. The molecule has 128 valence electrons. The van der Waals surface area contributed by atoms with Crippen LogP contribution in [0, 0.1) is 0 Å². The fourth-order valence-electron chi connectivity index (χ4n) is 2.68. The van der Waals surface area contributed by atoms with Crippen LogP contribution in [0.25, 0.3) is 22.2 Å². The number of benzene rings is 3. The molecule has 3 aromatic carbocycles. The Balaban J connectivity index is 1.49. The number of carbonyl (C=O) groups is 1. The first kappa shape index (κ1) is 16.2. The second kappa shape index (κ2) is 6.93. The first-order valence-corrected chi connectivity index (χ1v) is 8.38. The quantitative estimate of drug-likeness (QED) is 0.598. The van der Waals surface area contributed by atoms with Crippen LogP contribution >= 0.6 is 11.6 Å². The Labute approximate surface area is 154 Å². The number of rotatable bonds is 4. The number of hydrogen-bond acceptors (Lipinski definition) is 4. The largest absolute Gasteiger partial charge is 0.324 e. The van der Waals surface area contributed by atoms with Crippen LogP contribution in [0.15, 0.2) is 66.7 Å². The highest BCUT2D eigenvalue weighted by atomic mass is 35.5. The maximum absolute atomic E-state index is 12.4. The summed E-state index contributed by atoms with van der Waals surface area (Å²) in [4.78, 5) is 13.6. The Morgan fingerprint density at radius 2 is 1.77 bits per heavy atom. The first-order valence-electron chi connectivity index (χ1n) is 8.00. The predicted molar refractivity (Wildman–Crippen MR) is 101 cm³/mol. The number of fused-ring (bicyclic) bond motifs is 1. The highest BCUT2D eigenvalue weighted by Gasteiger charge is 2.10. The third kappa shape index (κ3) is 3.41. The van der Waals surface area contributed by atoms with Gasteiger partial charge in [0.15, 0.2) is 0 Å². The van der Waals surface area contributed by atoms with Gasteiger partial charge in [-0.2, -0.15) is 4.80 Å². The van der Waals surface area contributed by atoms with Crippen molar-refractivity contribution in [1.82, 2.24) is 20.2 Å². The molecule has 0 spiro atoms. The zero-order valence-electron chi connectivity index (χ0n) is 13.6. The lowest BCUT2D eigenvalue weighted by Gasteiger charge is -2.08. The van der Waals surface area contributed by atoms with Crippen LogP contribution in [0.1, 0.15) is 0 Å². The van der Waals surface area contributed by atoms with E-state index in [0.717, 1.165) is 22.0 Å². The van der Waals surface area contributed by atoms with Gasteiger partial charge in [0.25, 0.3) is 0 Å². The van der Waals surface area contributed by atoms with E-state index in [1.165, 1.54) is 4.80 Å². The maximum Gasteiger partial charge on any atom is 0.248 e. The number of carbonyl (C=O) groups excluding carboxylic acids is 1. The highest BCUT2D eigenvalue weighted by molar-refractivity contribution is 6.30. The topological polar surface area (TPSA) is 72.7 Å². The van der Waals surface area contributed by atoms with Crippen molar-refractivity contribution >= 4 is 34.0 Å². The van der Waals surface area contributed by atoms with Crippen LogP contribution in [0.3, 0.4) is 0 Å². The molecule has 0 saturated carbocycles. The van der Waals surface area contributed by atoms with Crippen molar-refractivity contribution in [2.45, 2.75) is 6.54 Å². The van der Waals surface area contributed by atoms with E-state index in [1.807, 2.05) is 42.5 Å². The molecule has 4 rings (SSSR count). The SMILES string of the molecule is O=C(Cn1nnc(-c2ccc(Cl)cc2)n1)Nc1cccc2ccccc12. The normalized spacial score (nSPS) is 10.8. The predicted octanol–water partition coefficient (Wildman–Crippen LogP) is 3.79. The van der Waals surface area contributed by atoms with Gasteiger partial charge in [0, 0.05) is 21.7 Å². The third-order valence-electron chi connectivity index (χ3n) is 3.90. The zero-order valence-corrected chi connectivity index (χ0v) is 14.4. The number of hydrogen-bond donors (Lipinski definition) is 1. The fraction of sp³-hybridized carbons (Fsp3) is 0.0526. The minimum atomic E-state index is -0.221. The van der Waals surface area contributed by atoms with Crippen LogP contribution in [0.5, 0.6) is 0 Å². The fourth-order valence-corrected chi connectivity index (χ4v) is 2.80. The lowest BCUT2D eigenvalue weighted by molar-refractivity contribution is -0.117. The number of anilines is 1. The lowest BCUT2D eigenvalue weighted by Crippen LogP contribution is -2.20.